The second-order valence-electron chi connectivity index (χ2n) is 6.42. The van der Waals surface area contributed by atoms with Gasteiger partial charge in [-0.05, 0) is 51.0 Å². The summed E-state index contributed by atoms with van der Waals surface area (Å²) in [7, 11) is 0. The molecule has 6 nitrogen and oxygen atoms in total. The van der Waals surface area contributed by atoms with Crippen molar-refractivity contribution in [1.82, 2.24) is 9.97 Å². The molecule has 0 fully saturated rings. The maximum atomic E-state index is 12.2. The minimum atomic E-state index is -0.885. The molecule has 0 radical (unpaired) electrons. The van der Waals surface area contributed by atoms with Crippen LogP contribution < -0.4 is 5.32 Å². The molecule has 2 heterocycles. The Morgan fingerprint density at radius 1 is 1.25 bits per heavy atom. The second kappa shape index (κ2) is 8.70. The molecule has 0 aliphatic heterocycles. The van der Waals surface area contributed by atoms with Gasteiger partial charge in [0.05, 0.1) is 5.75 Å². The lowest BCUT2D eigenvalue weighted by Crippen LogP contribution is -2.30. The number of nitrogens with zero attached hydrogens (tertiary/aromatic N) is 2. The summed E-state index contributed by atoms with van der Waals surface area (Å²) in [6, 6.07) is 7.45. The van der Waals surface area contributed by atoms with Crippen molar-refractivity contribution in [2.75, 3.05) is 11.1 Å². The Hall–Kier alpha value is -2.45. The van der Waals surface area contributed by atoms with E-state index in [-0.39, 0.29) is 11.7 Å². The molecule has 1 amide bonds. The van der Waals surface area contributed by atoms with Crippen LogP contribution in [0.1, 0.15) is 22.9 Å². The summed E-state index contributed by atoms with van der Waals surface area (Å²) in [5, 5.41) is 4.48. The first-order valence-electron chi connectivity index (χ1n) is 8.75. The molecule has 3 rings (SSSR count). The summed E-state index contributed by atoms with van der Waals surface area (Å²) in [6.07, 6.45) is 0.618. The molecular formula is C20H21N3O3S2. The van der Waals surface area contributed by atoms with Crippen LogP contribution in [0.2, 0.25) is 0 Å². The molecule has 1 N–H and O–H groups in total. The summed E-state index contributed by atoms with van der Waals surface area (Å²) in [5.74, 6) is -0.756. The molecule has 1 atom stereocenters. The van der Waals surface area contributed by atoms with Crippen molar-refractivity contribution in [3.8, 4) is 0 Å². The molecule has 0 saturated carbocycles. The third-order valence-corrected chi connectivity index (χ3v) is 6.30. The third kappa shape index (κ3) is 4.69. The largest absolute Gasteiger partial charge is 0.452 e. The maximum Gasteiger partial charge on any atom is 0.317 e. The highest BCUT2D eigenvalue weighted by molar-refractivity contribution is 8.00. The third-order valence-electron chi connectivity index (χ3n) is 4.22. The van der Waals surface area contributed by atoms with Gasteiger partial charge in [-0.1, -0.05) is 23.9 Å². The highest BCUT2D eigenvalue weighted by atomic mass is 32.2. The van der Waals surface area contributed by atoms with Gasteiger partial charge in [-0.3, -0.25) is 9.59 Å². The number of hydrogen-bond acceptors (Lipinski definition) is 7. The first-order chi connectivity index (χ1) is 13.3. The van der Waals surface area contributed by atoms with Crippen LogP contribution in [0, 0.1) is 20.8 Å². The molecule has 0 spiro atoms. The number of anilines is 1. The van der Waals surface area contributed by atoms with E-state index in [1.54, 1.807) is 24.3 Å². The van der Waals surface area contributed by atoms with E-state index < -0.39 is 12.1 Å². The average molecular weight is 416 g/mol. The molecular weight excluding hydrogens is 394 g/mol. The van der Waals surface area contributed by atoms with Crippen molar-refractivity contribution in [2.45, 2.75) is 38.8 Å². The van der Waals surface area contributed by atoms with Crippen LogP contribution in [0.4, 0.5) is 5.69 Å². The monoisotopic (exact) mass is 415 g/mol. The molecule has 0 aliphatic rings. The fourth-order valence-corrected chi connectivity index (χ4v) is 4.54. The molecule has 3 aromatic rings. The first-order valence-corrected chi connectivity index (χ1v) is 10.6. The lowest BCUT2D eigenvalue weighted by atomic mass is 10.2. The summed E-state index contributed by atoms with van der Waals surface area (Å²) in [6.45, 7) is 7.57. The van der Waals surface area contributed by atoms with Gasteiger partial charge in [0.1, 0.15) is 16.2 Å². The van der Waals surface area contributed by atoms with Gasteiger partial charge in [0.25, 0.3) is 5.91 Å². The zero-order chi connectivity index (χ0) is 20.3. The van der Waals surface area contributed by atoms with E-state index in [4.69, 9.17) is 4.74 Å². The summed E-state index contributed by atoms with van der Waals surface area (Å²) >= 11 is 2.90. The van der Waals surface area contributed by atoms with E-state index in [2.05, 4.69) is 15.3 Å². The van der Waals surface area contributed by atoms with Gasteiger partial charge >= 0.3 is 5.97 Å². The number of nitrogens with one attached hydrogen (secondary N) is 1. The predicted molar refractivity (Wildman–Crippen MR) is 113 cm³/mol. The van der Waals surface area contributed by atoms with E-state index in [9.17, 15) is 9.59 Å². The predicted octanol–water partition coefficient (Wildman–Crippen LogP) is 4.28. The number of esters is 1. The zero-order valence-corrected chi connectivity index (χ0v) is 17.7. The Kier molecular flexibility index (Phi) is 6.31. The molecule has 0 aliphatic carbocycles. The SMILES string of the molecule is Cc1cccc(NC(=O)[C@@H](C)OC(=O)CSc2ncnc3sc(C)c(C)c23)c1. The molecule has 0 bridgehead atoms. The van der Waals surface area contributed by atoms with Crippen LogP contribution in [0.5, 0.6) is 0 Å². The van der Waals surface area contributed by atoms with Crippen molar-refractivity contribution >= 4 is 50.9 Å². The number of carbonyl (C=O) groups is 2. The molecule has 28 heavy (non-hydrogen) atoms. The van der Waals surface area contributed by atoms with Crippen LogP contribution in [0.3, 0.4) is 0 Å². The number of aryl methyl sites for hydroxylation is 3. The van der Waals surface area contributed by atoms with Gasteiger partial charge in [-0.25, -0.2) is 9.97 Å². The van der Waals surface area contributed by atoms with Gasteiger partial charge in [-0.2, -0.15) is 0 Å². The fraction of sp³-hybridized carbons (Fsp3) is 0.300. The minimum Gasteiger partial charge on any atom is -0.452 e. The topological polar surface area (TPSA) is 81.2 Å². The van der Waals surface area contributed by atoms with Gasteiger partial charge in [-0.15, -0.1) is 11.3 Å². The number of carbonyl (C=O) groups excluding carboxylic acids is 2. The van der Waals surface area contributed by atoms with Crippen molar-refractivity contribution in [1.29, 1.82) is 0 Å². The van der Waals surface area contributed by atoms with E-state index in [1.807, 2.05) is 39.0 Å². The van der Waals surface area contributed by atoms with Crippen LogP contribution in [-0.2, 0) is 14.3 Å². The molecule has 146 valence electrons. The summed E-state index contributed by atoms with van der Waals surface area (Å²) in [5.41, 5.74) is 2.84. The standard InChI is InChI=1S/C20H21N3O3S2/c1-11-6-5-7-15(8-11)23-18(25)13(3)26-16(24)9-27-19-17-12(2)14(4)28-20(17)22-10-21-19/h5-8,10,13H,9H2,1-4H3,(H,23,25)/t13-/m1/s1. The smallest absolute Gasteiger partial charge is 0.317 e. The fourth-order valence-electron chi connectivity index (χ4n) is 2.64. The number of thioether (sulfide) groups is 1. The Balaban J connectivity index is 1.58. The Morgan fingerprint density at radius 2 is 2.04 bits per heavy atom. The number of fused-ring (bicyclic) bond motifs is 1. The normalized spacial score (nSPS) is 12.0. The number of hydrogen-bond donors (Lipinski definition) is 1. The van der Waals surface area contributed by atoms with E-state index in [1.165, 1.54) is 23.0 Å². The quantitative estimate of drug-likeness (QED) is 0.368. The van der Waals surface area contributed by atoms with Crippen LogP contribution >= 0.6 is 23.1 Å². The summed E-state index contributed by atoms with van der Waals surface area (Å²) in [4.78, 5) is 35.1. The molecule has 0 unspecified atom stereocenters. The van der Waals surface area contributed by atoms with E-state index in [0.717, 1.165) is 26.4 Å². The van der Waals surface area contributed by atoms with Crippen molar-refractivity contribution in [3.05, 3.63) is 46.6 Å². The maximum absolute atomic E-state index is 12.2. The van der Waals surface area contributed by atoms with Crippen LogP contribution in [0.25, 0.3) is 10.2 Å². The number of aromatic nitrogens is 2. The van der Waals surface area contributed by atoms with Gasteiger partial charge < -0.3 is 10.1 Å². The Morgan fingerprint density at radius 3 is 2.79 bits per heavy atom. The average Bonchev–Trinajstić information content (AvgIpc) is 2.94. The Bertz CT molecular complexity index is 1030. The van der Waals surface area contributed by atoms with Gasteiger partial charge in [0.2, 0.25) is 0 Å². The second-order valence-corrected chi connectivity index (χ2v) is 8.59. The first kappa shape index (κ1) is 20.3. The lowest BCUT2D eigenvalue weighted by Gasteiger charge is -2.13. The number of rotatable bonds is 6. The Labute approximate surface area is 171 Å². The number of benzene rings is 1. The number of ether oxygens (including phenoxy) is 1. The minimum absolute atomic E-state index is 0.0719. The van der Waals surface area contributed by atoms with Gasteiger partial charge in [0.15, 0.2) is 6.10 Å². The lowest BCUT2D eigenvalue weighted by molar-refractivity contribution is -0.150. The van der Waals surface area contributed by atoms with Crippen molar-refractivity contribution < 1.29 is 14.3 Å². The van der Waals surface area contributed by atoms with Crippen LogP contribution in [0.15, 0.2) is 35.6 Å². The van der Waals surface area contributed by atoms with Gasteiger partial charge in [0, 0.05) is 16.0 Å². The highest BCUT2D eigenvalue weighted by Gasteiger charge is 2.19. The van der Waals surface area contributed by atoms with E-state index >= 15 is 0 Å². The molecule has 8 heteroatoms. The van der Waals surface area contributed by atoms with E-state index in [0.29, 0.717) is 5.69 Å². The highest BCUT2D eigenvalue weighted by Crippen LogP contribution is 2.34. The van der Waals surface area contributed by atoms with Crippen LogP contribution in [-0.4, -0.2) is 33.7 Å². The number of amides is 1. The summed E-state index contributed by atoms with van der Waals surface area (Å²) < 4.78 is 5.27. The molecule has 0 saturated heterocycles. The van der Waals surface area contributed by atoms with Crippen molar-refractivity contribution in [3.63, 3.8) is 0 Å². The zero-order valence-electron chi connectivity index (χ0n) is 16.1. The van der Waals surface area contributed by atoms with Crippen molar-refractivity contribution in [2.24, 2.45) is 0 Å². The molecule has 1 aromatic carbocycles. The number of thiophene rings is 1. The molecule has 2 aromatic heterocycles.